The summed E-state index contributed by atoms with van der Waals surface area (Å²) in [6.07, 6.45) is 3.87. The first-order valence-electron chi connectivity index (χ1n) is 5.67. The summed E-state index contributed by atoms with van der Waals surface area (Å²) < 4.78 is 22.9. The van der Waals surface area contributed by atoms with Gasteiger partial charge in [0.05, 0.1) is 17.1 Å². The molecule has 1 aliphatic heterocycles. The van der Waals surface area contributed by atoms with E-state index in [1.165, 1.54) is 0 Å². The number of carbonyl (C=O) groups is 1. The molecule has 0 aromatic carbocycles. The number of aromatic nitrogens is 1. The maximum atomic E-state index is 12.1. The van der Waals surface area contributed by atoms with Crippen molar-refractivity contribution in [1.29, 1.82) is 0 Å². The minimum atomic E-state index is -2.95. The normalized spacial score (nSPS) is 22.5. The van der Waals surface area contributed by atoms with E-state index in [2.05, 4.69) is 4.98 Å². The quantitative estimate of drug-likeness (QED) is 0.864. The van der Waals surface area contributed by atoms with Crippen LogP contribution in [0, 0.1) is 0 Å². The second-order valence-electron chi connectivity index (χ2n) is 4.25. The number of nitrogens with one attached hydrogen (secondary N) is 1. The molecule has 1 unspecified atom stereocenters. The van der Waals surface area contributed by atoms with Gasteiger partial charge >= 0.3 is 0 Å². The molecule has 1 aliphatic rings. The van der Waals surface area contributed by atoms with Gasteiger partial charge in [0.1, 0.15) is 0 Å². The van der Waals surface area contributed by atoms with Gasteiger partial charge in [-0.25, -0.2) is 8.42 Å². The van der Waals surface area contributed by atoms with Gasteiger partial charge in [-0.05, 0) is 19.4 Å². The molecule has 1 fully saturated rings. The van der Waals surface area contributed by atoms with E-state index in [0.717, 1.165) is 0 Å². The highest BCUT2D eigenvalue weighted by atomic mass is 32.2. The summed E-state index contributed by atoms with van der Waals surface area (Å²) in [6.45, 7) is 2.40. The number of carbonyl (C=O) groups excluding carboxylic acids is 1. The largest absolute Gasteiger partial charge is 0.367 e. The molecule has 1 N–H and O–H groups in total. The molecule has 17 heavy (non-hydrogen) atoms. The van der Waals surface area contributed by atoms with Crippen LogP contribution in [-0.2, 0) is 9.84 Å². The Bertz CT molecular complexity index is 493. The molecule has 6 heteroatoms. The van der Waals surface area contributed by atoms with Crippen molar-refractivity contribution < 1.29 is 13.2 Å². The van der Waals surface area contributed by atoms with Crippen LogP contribution in [0.1, 0.15) is 23.7 Å². The zero-order valence-corrected chi connectivity index (χ0v) is 10.5. The number of aromatic amines is 1. The van der Waals surface area contributed by atoms with E-state index in [1.54, 1.807) is 23.4 Å². The molecule has 2 heterocycles. The van der Waals surface area contributed by atoms with Crippen LogP contribution >= 0.6 is 0 Å². The molecule has 1 aromatic heterocycles. The average Bonchev–Trinajstić information content (AvgIpc) is 2.88. The van der Waals surface area contributed by atoms with Crippen molar-refractivity contribution >= 4 is 15.7 Å². The van der Waals surface area contributed by atoms with Crippen LogP contribution < -0.4 is 0 Å². The minimum absolute atomic E-state index is 0.0942. The molecule has 0 bridgehead atoms. The number of amides is 1. The third-order valence-corrected chi connectivity index (χ3v) is 4.85. The Morgan fingerprint density at radius 2 is 2.35 bits per heavy atom. The number of nitrogens with zero attached hydrogens (tertiary/aromatic N) is 1. The first-order chi connectivity index (χ1) is 8.03. The first kappa shape index (κ1) is 12.2. The van der Waals surface area contributed by atoms with Crippen LogP contribution in [-0.4, -0.2) is 48.3 Å². The Labute approximate surface area is 101 Å². The summed E-state index contributed by atoms with van der Waals surface area (Å²) in [7, 11) is -2.95. The molecule has 0 saturated carbocycles. The van der Waals surface area contributed by atoms with Crippen LogP contribution in [0.4, 0.5) is 0 Å². The van der Waals surface area contributed by atoms with Crippen molar-refractivity contribution in [2.45, 2.75) is 19.4 Å². The molecule has 5 nitrogen and oxygen atoms in total. The minimum Gasteiger partial charge on any atom is -0.367 e. The van der Waals surface area contributed by atoms with Gasteiger partial charge in [-0.3, -0.25) is 4.79 Å². The number of rotatable bonds is 3. The molecule has 94 valence electrons. The number of hydrogen-bond donors (Lipinski definition) is 1. The molecule has 0 aliphatic carbocycles. The zero-order chi connectivity index (χ0) is 12.5. The van der Waals surface area contributed by atoms with Gasteiger partial charge in [0.15, 0.2) is 9.84 Å². The summed E-state index contributed by atoms with van der Waals surface area (Å²) >= 11 is 0. The van der Waals surface area contributed by atoms with Gasteiger partial charge in [0.25, 0.3) is 5.91 Å². The lowest BCUT2D eigenvalue weighted by Crippen LogP contribution is -2.40. The van der Waals surface area contributed by atoms with Gasteiger partial charge in [0.2, 0.25) is 0 Å². The second kappa shape index (κ2) is 4.52. The highest BCUT2D eigenvalue weighted by Crippen LogP contribution is 2.19. The van der Waals surface area contributed by atoms with E-state index in [0.29, 0.717) is 18.5 Å². The maximum absolute atomic E-state index is 12.1. The van der Waals surface area contributed by atoms with Crippen molar-refractivity contribution in [3.63, 3.8) is 0 Å². The Kier molecular flexibility index (Phi) is 3.24. The van der Waals surface area contributed by atoms with Crippen LogP contribution in [0.5, 0.6) is 0 Å². The molecule has 0 radical (unpaired) electrons. The van der Waals surface area contributed by atoms with E-state index in [-0.39, 0.29) is 23.5 Å². The fraction of sp³-hybridized carbons (Fsp3) is 0.545. The van der Waals surface area contributed by atoms with Crippen LogP contribution in [0.2, 0.25) is 0 Å². The highest BCUT2D eigenvalue weighted by Gasteiger charge is 2.34. The molecule has 1 atom stereocenters. The van der Waals surface area contributed by atoms with E-state index in [4.69, 9.17) is 0 Å². The molecule has 1 aromatic rings. The molecular formula is C11H16N2O3S. The van der Waals surface area contributed by atoms with Crippen LogP contribution in [0.25, 0.3) is 0 Å². The SMILES string of the molecule is CCN(C(=O)c1cc[nH]c1)C1CCS(=O)(=O)C1. The van der Waals surface area contributed by atoms with Crippen molar-refractivity contribution in [2.75, 3.05) is 18.1 Å². The fourth-order valence-electron chi connectivity index (χ4n) is 2.21. The van der Waals surface area contributed by atoms with Crippen molar-refractivity contribution in [1.82, 2.24) is 9.88 Å². The first-order valence-corrected chi connectivity index (χ1v) is 7.50. The summed E-state index contributed by atoms with van der Waals surface area (Å²) in [4.78, 5) is 16.6. The Morgan fingerprint density at radius 1 is 1.59 bits per heavy atom. The van der Waals surface area contributed by atoms with E-state index < -0.39 is 9.84 Å². The lowest BCUT2D eigenvalue weighted by Gasteiger charge is -2.26. The number of hydrogen-bond acceptors (Lipinski definition) is 3. The lowest BCUT2D eigenvalue weighted by atomic mass is 10.2. The summed E-state index contributed by atoms with van der Waals surface area (Å²) in [6, 6.07) is 1.53. The molecule has 0 spiro atoms. The predicted octanol–water partition coefficient (Wildman–Crippen LogP) is 0.664. The van der Waals surface area contributed by atoms with Crippen LogP contribution in [0.3, 0.4) is 0 Å². The topological polar surface area (TPSA) is 70.2 Å². The Balaban J connectivity index is 2.15. The van der Waals surface area contributed by atoms with Gasteiger partial charge in [-0.2, -0.15) is 0 Å². The smallest absolute Gasteiger partial charge is 0.255 e. The third-order valence-electron chi connectivity index (χ3n) is 3.10. The fourth-order valence-corrected chi connectivity index (χ4v) is 3.94. The highest BCUT2D eigenvalue weighted by molar-refractivity contribution is 7.91. The van der Waals surface area contributed by atoms with E-state index in [1.807, 2.05) is 6.92 Å². The van der Waals surface area contributed by atoms with E-state index in [9.17, 15) is 13.2 Å². The molecule has 2 rings (SSSR count). The van der Waals surface area contributed by atoms with Gasteiger partial charge in [0, 0.05) is 25.0 Å². The van der Waals surface area contributed by atoms with E-state index >= 15 is 0 Å². The third kappa shape index (κ3) is 2.52. The summed E-state index contributed by atoms with van der Waals surface area (Å²) in [5.41, 5.74) is 0.580. The summed E-state index contributed by atoms with van der Waals surface area (Å²) in [5.74, 6) is 0.182. The molecular weight excluding hydrogens is 240 g/mol. The van der Waals surface area contributed by atoms with Gasteiger partial charge in [-0.15, -0.1) is 0 Å². The lowest BCUT2D eigenvalue weighted by molar-refractivity contribution is 0.0708. The van der Waals surface area contributed by atoms with Gasteiger partial charge < -0.3 is 9.88 Å². The average molecular weight is 256 g/mol. The molecule has 1 amide bonds. The van der Waals surface area contributed by atoms with Gasteiger partial charge in [-0.1, -0.05) is 0 Å². The Morgan fingerprint density at radius 3 is 2.82 bits per heavy atom. The number of sulfone groups is 1. The van der Waals surface area contributed by atoms with Crippen molar-refractivity contribution in [3.8, 4) is 0 Å². The predicted molar refractivity (Wildman–Crippen MR) is 64.6 cm³/mol. The molecule has 1 saturated heterocycles. The number of H-pyrrole nitrogens is 1. The summed E-state index contributed by atoms with van der Waals surface area (Å²) in [5, 5.41) is 0. The standard InChI is InChI=1S/C11H16N2O3S/c1-2-13(10-4-6-17(15,16)8-10)11(14)9-3-5-12-7-9/h3,5,7,10,12H,2,4,6,8H2,1H3. The van der Waals surface area contributed by atoms with Crippen molar-refractivity contribution in [3.05, 3.63) is 24.0 Å². The Hall–Kier alpha value is -1.30. The van der Waals surface area contributed by atoms with Crippen LogP contribution in [0.15, 0.2) is 18.5 Å². The second-order valence-corrected chi connectivity index (χ2v) is 6.48. The monoisotopic (exact) mass is 256 g/mol. The van der Waals surface area contributed by atoms with Crippen molar-refractivity contribution in [2.24, 2.45) is 0 Å². The zero-order valence-electron chi connectivity index (χ0n) is 9.72. The maximum Gasteiger partial charge on any atom is 0.255 e.